The number of aromatic hydroxyl groups is 1. The van der Waals surface area contributed by atoms with E-state index < -0.39 is 0 Å². The molecule has 0 atom stereocenters. The molecule has 16 heavy (non-hydrogen) atoms. The summed E-state index contributed by atoms with van der Waals surface area (Å²) in [5, 5.41) is 13.6. The van der Waals surface area contributed by atoms with E-state index in [1.54, 1.807) is 23.0 Å². The van der Waals surface area contributed by atoms with Crippen LogP contribution in [-0.4, -0.2) is 14.9 Å². The summed E-state index contributed by atoms with van der Waals surface area (Å²) in [6, 6.07) is 5.25. The van der Waals surface area contributed by atoms with Gasteiger partial charge in [0, 0.05) is 24.4 Å². The summed E-state index contributed by atoms with van der Waals surface area (Å²) in [7, 11) is 1.86. The van der Waals surface area contributed by atoms with Gasteiger partial charge in [-0.25, -0.2) is 0 Å². The van der Waals surface area contributed by atoms with E-state index in [0.717, 1.165) is 11.1 Å². The quantitative estimate of drug-likeness (QED) is 0.857. The van der Waals surface area contributed by atoms with Crippen LogP contribution in [-0.2, 0) is 13.7 Å². The van der Waals surface area contributed by atoms with Gasteiger partial charge in [0.05, 0.1) is 6.20 Å². The second kappa shape index (κ2) is 4.26. The zero-order valence-corrected chi connectivity index (χ0v) is 9.34. The molecule has 0 bridgehead atoms. The molecule has 0 spiro atoms. The van der Waals surface area contributed by atoms with E-state index in [1.165, 1.54) is 0 Å². The number of phenols is 1. The molecule has 0 saturated carbocycles. The third-order valence-electron chi connectivity index (χ3n) is 2.41. The number of rotatable bonds is 3. The fourth-order valence-electron chi connectivity index (χ4n) is 1.47. The maximum absolute atomic E-state index is 9.50. The summed E-state index contributed by atoms with van der Waals surface area (Å²) in [4.78, 5) is 0. The molecule has 0 fully saturated rings. The molecule has 4 heteroatoms. The lowest BCUT2D eigenvalue weighted by Crippen LogP contribution is -1.96. The Morgan fingerprint density at radius 1 is 1.44 bits per heavy atom. The number of hydrogen-bond donors (Lipinski definition) is 1. The van der Waals surface area contributed by atoms with Crippen molar-refractivity contribution in [2.75, 3.05) is 0 Å². The summed E-state index contributed by atoms with van der Waals surface area (Å²) in [6.07, 6.45) is 3.66. The Morgan fingerprint density at radius 2 is 2.25 bits per heavy atom. The Balaban J connectivity index is 2.07. The predicted octanol–water partition coefficient (Wildman–Crippen LogP) is 2.01. The van der Waals surface area contributed by atoms with Gasteiger partial charge >= 0.3 is 0 Å². The molecule has 0 aliphatic heterocycles. The van der Waals surface area contributed by atoms with E-state index in [9.17, 15) is 5.11 Å². The van der Waals surface area contributed by atoms with E-state index in [2.05, 4.69) is 5.10 Å². The summed E-state index contributed by atoms with van der Waals surface area (Å²) < 4.78 is 7.33. The van der Waals surface area contributed by atoms with Gasteiger partial charge in [0.1, 0.15) is 18.1 Å². The monoisotopic (exact) mass is 218 g/mol. The minimum Gasteiger partial charge on any atom is -0.508 e. The molecule has 0 amide bonds. The van der Waals surface area contributed by atoms with Crippen molar-refractivity contribution in [1.82, 2.24) is 9.78 Å². The SMILES string of the molecule is Cc1c(O)cccc1OCc1cnn(C)c1. The highest BCUT2D eigenvalue weighted by molar-refractivity contribution is 5.42. The number of phenolic OH excluding ortho intramolecular Hbond substituents is 1. The van der Waals surface area contributed by atoms with Gasteiger partial charge in [0.2, 0.25) is 0 Å². The Bertz CT molecular complexity index is 492. The van der Waals surface area contributed by atoms with Gasteiger partial charge in [-0.3, -0.25) is 4.68 Å². The standard InChI is InChI=1S/C12H14N2O2/c1-9-11(15)4-3-5-12(9)16-8-10-6-13-14(2)7-10/h3-7,15H,8H2,1-2H3. The number of nitrogens with zero attached hydrogens (tertiary/aromatic N) is 2. The lowest BCUT2D eigenvalue weighted by atomic mass is 10.2. The van der Waals surface area contributed by atoms with Gasteiger partial charge < -0.3 is 9.84 Å². The molecule has 1 aromatic carbocycles. The minimum absolute atomic E-state index is 0.253. The van der Waals surface area contributed by atoms with Crippen LogP contribution in [0.4, 0.5) is 0 Å². The largest absolute Gasteiger partial charge is 0.508 e. The number of aromatic nitrogens is 2. The van der Waals surface area contributed by atoms with Crippen LogP contribution in [0.25, 0.3) is 0 Å². The number of aryl methyl sites for hydroxylation is 1. The summed E-state index contributed by atoms with van der Waals surface area (Å²) in [5.41, 5.74) is 1.76. The van der Waals surface area contributed by atoms with Crippen LogP contribution in [0.5, 0.6) is 11.5 Å². The van der Waals surface area contributed by atoms with Crippen molar-refractivity contribution in [3.63, 3.8) is 0 Å². The smallest absolute Gasteiger partial charge is 0.126 e. The van der Waals surface area contributed by atoms with Gasteiger partial charge in [-0.05, 0) is 19.1 Å². The van der Waals surface area contributed by atoms with Crippen molar-refractivity contribution < 1.29 is 9.84 Å². The lowest BCUT2D eigenvalue weighted by molar-refractivity contribution is 0.301. The van der Waals surface area contributed by atoms with Crippen LogP contribution in [0.2, 0.25) is 0 Å². The van der Waals surface area contributed by atoms with Gasteiger partial charge in [-0.2, -0.15) is 5.10 Å². The maximum Gasteiger partial charge on any atom is 0.126 e. The molecule has 2 rings (SSSR count). The molecule has 2 aromatic rings. The highest BCUT2D eigenvalue weighted by atomic mass is 16.5. The van der Waals surface area contributed by atoms with E-state index in [4.69, 9.17) is 4.74 Å². The average molecular weight is 218 g/mol. The molecule has 0 saturated heterocycles. The molecule has 0 aliphatic carbocycles. The van der Waals surface area contributed by atoms with Crippen molar-refractivity contribution in [3.05, 3.63) is 41.7 Å². The minimum atomic E-state index is 0.253. The number of hydrogen-bond acceptors (Lipinski definition) is 3. The molecule has 1 heterocycles. The third kappa shape index (κ3) is 2.16. The molecular weight excluding hydrogens is 204 g/mol. The Hall–Kier alpha value is -1.97. The Labute approximate surface area is 94.1 Å². The first-order valence-corrected chi connectivity index (χ1v) is 5.05. The van der Waals surface area contributed by atoms with Crippen molar-refractivity contribution in [1.29, 1.82) is 0 Å². The highest BCUT2D eigenvalue weighted by Crippen LogP contribution is 2.26. The highest BCUT2D eigenvalue weighted by Gasteiger charge is 2.04. The van der Waals surface area contributed by atoms with Gasteiger partial charge in [-0.15, -0.1) is 0 Å². The van der Waals surface area contributed by atoms with Crippen LogP contribution < -0.4 is 4.74 Å². The first kappa shape index (κ1) is 10.5. The van der Waals surface area contributed by atoms with Crippen LogP contribution in [0.15, 0.2) is 30.6 Å². The molecule has 4 nitrogen and oxygen atoms in total. The second-order valence-electron chi connectivity index (χ2n) is 3.71. The third-order valence-corrected chi connectivity index (χ3v) is 2.41. The van der Waals surface area contributed by atoms with Gasteiger partial charge in [0.25, 0.3) is 0 Å². The van der Waals surface area contributed by atoms with E-state index in [0.29, 0.717) is 12.4 Å². The fourth-order valence-corrected chi connectivity index (χ4v) is 1.47. The van der Waals surface area contributed by atoms with Crippen LogP contribution in [0.3, 0.4) is 0 Å². The average Bonchev–Trinajstić information content (AvgIpc) is 2.67. The molecule has 1 N–H and O–H groups in total. The van der Waals surface area contributed by atoms with E-state index in [1.807, 2.05) is 26.2 Å². The molecule has 0 unspecified atom stereocenters. The van der Waals surface area contributed by atoms with Crippen molar-refractivity contribution >= 4 is 0 Å². The summed E-state index contributed by atoms with van der Waals surface area (Å²) in [6.45, 7) is 2.28. The fraction of sp³-hybridized carbons (Fsp3) is 0.250. The van der Waals surface area contributed by atoms with E-state index >= 15 is 0 Å². The molecule has 0 aliphatic rings. The van der Waals surface area contributed by atoms with E-state index in [-0.39, 0.29) is 5.75 Å². The predicted molar refractivity (Wildman–Crippen MR) is 60.4 cm³/mol. The Kier molecular flexibility index (Phi) is 2.81. The maximum atomic E-state index is 9.50. The summed E-state index contributed by atoms with van der Waals surface area (Å²) >= 11 is 0. The van der Waals surface area contributed by atoms with Crippen molar-refractivity contribution in [2.45, 2.75) is 13.5 Å². The first-order valence-electron chi connectivity index (χ1n) is 5.05. The Morgan fingerprint density at radius 3 is 2.94 bits per heavy atom. The van der Waals surface area contributed by atoms with Crippen molar-refractivity contribution in [3.8, 4) is 11.5 Å². The molecule has 0 radical (unpaired) electrons. The molecule has 1 aromatic heterocycles. The lowest BCUT2D eigenvalue weighted by Gasteiger charge is -2.08. The molecular formula is C12H14N2O2. The van der Waals surface area contributed by atoms with Crippen LogP contribution in [0.1, 0.15) is 11.1 Å². The zero-order valence-electron chi connectivity index (χ0n) is 9.34. The first-order chi connectivity index (χ1) is 7.66. The molecule has 84 valence electrons. The second-order valence-corrected chi connectivity index (χ2v) is 3.71. The zero-order chi connectivity index (χ0) is 11.5. The van der Waals surface area contributed by atoms with Crippen LogP contribution >= 0.6 is 0 Å². The van der Waals surface area contributed by atoms with Gasteiger partial charge in [0.15, 0.2) is 0 Å². The number of ether oxygens (including phenoxy) is 1. The normalized spacial score (nSPS) is 10.4. The van der Waals surface area contributed by atoms with Gasteiger partial charge in [-0.1, -0.05) is 6.07 Å². The summed E-state index contributed by atoms with van der Waals surface area (Å²) in [5.74, 6) is 0.951. The number of benzene rings is 1. The van der Waals surface area contributed by atoms with Crippen molar-refractivity contribution in [2.24, 2.45) is 7.05 Å². The van der Waals surface area contributed by atoms with Crippen LogP contribution in [0, 0.1) is 6.92 Å². The topological polar surface area (TPSA) is 47.3 Å².